The third-order valence-corrected chi connectivity index (χ3v) is 6.18. The first-order valence-corrected chi connectivity index (χ1v) is 11.4. The normalized spacial score (nSPS) is 18.3. The summed E-state index contributed by atoms with van der Waals surface area (Å²) in [7, 11) is 3.66. The fraction of sp³-hybridized carbons (Fsp3) is 0.652. The molecule has 0 aliphatic carbocycles. The Hall–Kier alpha value is -1.62. The van der Waals surface area contributed by atoms with Crippen LogP contribution in [0.1, 0.15) is 32.3 Å². The van der Waals surface area contributed by atoms with E-state index in [0.717, 1.165) is 70.2 Å². The van der Waals surface area contributed by atoms with E-state index in [4.69, 9.17) is 4.99 Å². The molecule has 0 aromatic heterocycles. The second kappa shape index (κ2) is 12.6. The predicted molar refractivity (Wildman–Crippen MR) is 139 cm³/mol. The van der Waals surface area contributed by atoms with Gasteiger partial charge in [0.2, 0.25) is 5.91 Å². The van der Waals surface area contributed by atoms with Crippen molar-refractivity contribution >= 4 is 41.5 Å². The summed E-state index contributed by atoms with van der Waals surface area (Å²) in [5, 5.41) is 3.36. The smallest absolute Gasteiger partial charge is 0.239 e. The number of rotatable bonds is 6. The van der Waals surface area contributed by atoms with Crippen molar-refractivity contribution in [3.63, 3.8) is 0 Å². The Labute approximate surface area is 209 Å². The first-order valence-electron chi connectivity index (χ1n) is 11.4. The van der Waals surface area contributed by atoms with Gasteiger partial charge in [0.1, 0.15) is 5.82 Å². The standard InChI is InChI=1S/C23H37FN6O.HI/c1-5-25-23(26-17-19-8-9-21(27(3)4)20(24)16-19)30-14-12-28(13-15-30)18(2)22(31)29-10-6-7-11-29;/h8-9,16,18H,5-7,10-15,17H2,1-4H3,(H,25,26);1H. The molecule has 32 heavy (non-hydrogen) atoms. The molecule has 0 radical (unpaired) electrons. The minimum atomic E-state index is -0.229. The Bertz CT molecular complexity index is 776. The second-order valence-corrected chi connectivity index (χ2v) is 8.58. The molecule has 9 heteroatoms. The number of likely N-dealkylation sites (tertiary alicyclic amines) is 1. The van der Waals surface area contributed by atoms with Crippen molar-refractivity contribution < 1.29 is 9.18 Å². The summed E-state index contributed by atoms with van der Waals surface area (Å²) in [4.78, 5) is 25.7. The lowest BCUT2D eigenvalue weighted by Gasteiger charge is -2.39. The van der Waals surface area contributed by atoms with E-state index >= 15 is 0 Å². The third kappa shape index (κ3) is 6.69. The number of benzene rings is 1. The number of halogens is 2. The minimum absolute atomic E-state index is 0. The first kappa shape index (κ1) is 26.6. The van der Waals surface area contributed by atoms with Crippen molar-refractivity contribution in [3.05, 3.63) is 29.6 Å². The molecule has 2 heterocycles. The first-order chi connectivity index (χ1) is 14.9. The molecule has 1 aromatic carbocycles. The van der Waals surface area contributed by atoms with Gasteiger partial charge < -0.3 is 20.0 Å². The van der Waals surface area contributed by atoms with Gasteiger partial charge in [-0.2, -0.15) is 0 Å². The molecule has 0 spiro atoms. The number of carbonyl (C=O) groups excluding carboxylic acids is 1. The number of piperazine rings is 1. The zero-order valence-corrected chi connectivity index (χ0v) is 22.1. The monoisotopic (exact) mass is 560 g/mol. The van der Waals surface area contributed by atoms with E-state index in [9.17, 15) is 9.18 Å². The van der Waals surface area contributed by atoms with Crippen molar-refractivity contribution in [1.29, 1.82) is 0 Å². The van der Waals surface area contributed by atoms with Gasteiger partial charge in [0.25, 0.3) is 0 Å². The molecule has 2 fully saturated rings. The molecule has 2 aliphatic heterocycles. The summed E-state index contributed by atoms with van der Waals surface area (Å²) in [6.45, 7) is 10.4. The number of anilines is 1. The lowest BCUT2D eigenvalue weighted by atomic mass is 10.2. The number of carbonyl (C=O) groups is 1. The lowest BCUT2D eigenvalue weighted by Crippen LogP contribution is -2.57. The van der Waals surface area contributed by atoms with Crippen LogP contribution in [0, 0.1) is 5.82 Å². The fourth-order valence-electron chi connectivity index (χ4n) is 4.28. The van der Waals surface area contributed by atoms with Crippen LogP contribution in [0.3, 0.4) is 0 Å². The lowest BCUT2D eigenvalue weighted by molar-refractivity contribution is -0.135. The number of hydrogen-bond acceptors (Lipinski definition) is 4. The molecule has 180 valence electrons. The summed E-state index contributed by atoms with van der Waals surface area (Å²) in [5.74, 6) is 0.875. The molecular formula is C23H38FIN6O. The maximum absolute atomic E-state index is 14.3. The Morgan fingerprint density at radius 2 is 1.78 bits per heavy atom. The van der Waals surface area contributed by atoms with E-state index in [0.29, 0.717) is 12.2 Å². The largest absolute Gasteiger partial charge is 0.375 e. The van der Waals surface area contributed by atoms with E-state index in [2.05, 4.69) is 15.1 Å². The van der Waals surface area contributed by atoms with E-state index in [1.807, 2.05) is 38.9 Å². The number of hydrogen-bond donors (Lipinski definition) is 1. The van der Waals surface area contributed by atoms with Crippen molar-refractivity contribution in [2.24, 2.45) is 4.99 Å². The van der Waals surface area contributed by atoms with Gasteiger partial charge in [-0.05, 0) is 44.4 Å². The van der Waals surface area contributed by atoms with Crippen LogP contribution in [-0.4, -0.2) is 92.5 Å². The van der Waals surface area contributed by atoms with Crippen molar-refractivity contribution in [3.8, 4) is 0 Å². The quantitative estimate of drug-likeness (QED) is 0.330. The van der Waals surface area contributed by atoms with Crippen molar-refractivity contribution in [1.82, 2.24) is 20.0 Å². The number of guanidine groups is 1. The van der Waals surface area contributed by atoms with Crippen LogP contribution >= 0.6 is 24.0 Å². The summed E-state index contributed by atoms with van der Waals surface area (Å²) in [5.41, 5.74) is 1.43. The SMILES string of the molecule is CCNC(=NCc1ccc(N(C)C)c(F)c1)N1CCN(C(C)C(=O)N2CCCC2)CC1.I. The highest BCUT2D eigenvalue weighted by atomic mass is 127. The summed E-state index contributed by atoms with van der Waals surface area (Å²) in [6.07, 6.45) is 2.24. The highest BCUT2D eigenvalue weighted by Gasteiger charge is 2.30. The highest BCUT2D eigenvalue weighted by Crippen LogP contribution is 2.19. The molecule has 1 unspecified atom stereocenters. The molecule has 1 atom stereocenters. The van der Waals surface area contributed by atoms with Gasteiger partial charge in [0, 0.05) is 59.9 Å². The van der Waals surface area contributed by atoms with Crippen LogP contribution in [0.2, 0.25) is 0 Å². The Balaban J connectivity index is 0.00000363. The van der Waals surface area contributed by atoms with E-state index in [-0.39, 0.29) is 41.7 Å². The topological polar surface area (TPSA) is 54.4 Å². The molecule has 1 amide bonds. The van der Waals surface area contributed by atoms with Crippen LogP contribution in [0.25, 0.3) is 0 Å². The second-order valence-electron chi connectivity index (χ2n) is 8.58. The maximum atomic E-state index is 14.3. The third-order valence-electron chi connectivity index (χ3n) is 6.18. The van der Waals surface area contributed by atoms with E-state index in [1.54, 1.807) is 17.0 Å². The summed E-state index contributed by atoms with van der Waals surface area (Å²) >= 11 is 0. The number of amides is 1. The average Bonchev–Trinajstić information content (AvgIpc) is 3.30. The van der Waals surface area contributed by atoms with E-state index < -0.39 is 0 Å². The van der Waals surface area contributed by atoms with Gasteiger partial charge >= 0.3 is 0 Å². The van der Waals surface area contributed by atoms with Gasteiger partial charge in [-0.15, -0.1) is 24.0 Å². The molecule has 1 aromatic rings. The Kier molecular flexibility index (Phi) is 10.5. The molecule has 2 aliphatic rings. The number of nitrogens with one attached hydrogen (secondary N) is 1. The van der Waals surface area contributed by atoms with Crippen LogP contribution in [0.15, 0.2) is 23.2 Å². The van der Waals surface area contributed by atoms with Gasteiger partial charge in [0.05, 0.1) is 18.3 Å². The maximum Gasteiger partial charge on any atom is 0.239 e. The summed E-state index contributed by atoms with van der Waals surface area (Å²) < 4.78 is 14.3. The molecule has 3 rings (SSSR count). The molecule has 1 N–H and O–H groups in total. The fourth-order valence-corrected chi connectivity index (χ4v) is 4.28. The molecule has 2 saturated heterocycles. The van der Waals surface area contributed by atoms with Crippen LogP contribution in [0.5, 0.6) is 0 Å². The van der Waals surface area contributed by atoms with Gasteiger partial charge in [0.15, 0.2) is 5.96 Å². The van der Waals surface area contributed by atoms with Gasteiger partial charge in [-0.25, -0.2) is 9.38 Å². The molecule has 0 saturated carbocycles. The van der Waals surface area contributed by atoms with Gasteiger partial charge in [-0.1, -0.05) is 6.07 Å². The van der Waals surface area contributed by atoms with Crippen molar-refractivity contribution in [2.75, 3.05) is 64.8 Å². The average molecular weight is 561 g/mol. The Morgan fingerprint density at radius 3 is 2.34 bits per heavy atom. The predicted octanol–water partition coefficient (Wildman–Crippen LogP) is 2.60. The van der Waals surface area contributed by atoms with Crippen LogP contribution in [0.4, 0.5) is 10.1 Å². The molecule has 7 nitrogen and oxygen atoms in total. The van der Waals surface area contributed by atoms with Crippen LogP contribution < -0.4 is 10.2 Å². The zero-order valence-electron chi connectivity index (χ0n) is 19.8. The summed E-state index contributed by atoms with van der Waals surface area (Å²) in [6, 6.07) is 5.21. The van der Waals surface area contributed by atoms with E-state index in [1.165, 1.54) is 0 Å². The van der Waals surface area contributed by atoms with Gasteiger partial charge in [-0.3, -0.25) is 9.69 Å². The number of aliphatic imine (C=N–C) groups is 1. The van der Waals surface area contributed by atoms with Crippen molar-refractivity contribution in [2.45, 2.75) is 39.3 Å². The zero-order chi connectivity index (χ0) is 22.4. The highest BCUT2D eigenvalue weighted by molar-refractivity contribution is 14.0. The molecule has 0 bridgehead atoms. The Morgan fingerprint density at radius 1 is 1.12 bits per heavy atom. The van der Waals surface area contributed by atoms with Crippen LogP contribution in [-0.2, 0) is 11.3 Å². The number of nitrogens with zero attached hydrogens (tertiary/aromatic N) is 5. The minimum Gasteiger partial charge on any atom is -0.375 e. The molecular weight excluding hydrogens is 522 g/mol.